The predicted molar refractivity (Wildman–Crippen MR) is 42.6 cm³/mol. The number of carbonyl (C=O) groups is 1. The number of carboxylic acids is 1. The minimum atomic E-state index is -0.853. The normalized spacial score (nSPS) is 9.09. The largest absolute Gasteiger partial charge is 0.480 e. The fourth-order valence-corrected chi connectivity index (χ4v) is 0.734. The summed E-state index contributed by atoms with van der Waals surface area (Å²) in [5, 5.41) is 11.1. The maximum Gasteiger partial charge on any atom is 0.322 e. The maximum absolute atomic E-state index is 10.1. The summed E-state index contributed by atoms with van der Waals surface area (Å²) in [7, 11) is 0. The lowest BCUT2D eigenvalue weighted by Crippen LogP contribution is -2.11. The lowest BCUT2D eigenvalue weighted by Gasteiger charge is -2.00. The van der Waals surface area contributed by atoms with E-state index in [0.717, 1.165) is 5.69 Å². The molecule has 0 spiro atoms. The highest BCUT2D eigenvalue weighted by atomic mass is 16.4. The van der Waals surface area contributed by atoms with Crippen molar-refractivity contribution in [1.82, 2.24) is 0 Å². The second kappa shape index (κ2) is 3.61. The molecule has 3 heteroatoms. The highest BCUT2D eigenvalue weighted by molar-refractivity contribution is 5.72. The summed E-state index contributed by atoms with van der Waals surface area (Å²) in [6.45, 7) is -0.0377. The van der Waals surface area contributed by atoms with E-state index < -0.39 is 5.97 Å². The summed E-state index contributed by atoms with van der Waals surface area (Å²) in [6, 6.07) is 9.23. The van der Waals surface area contributed by atoms with Crippen LogP contribution in [0.3, 0.4) is 0 Å². The van der Waals surface area contributed by atoms with Gasteiger partial charge in [0.05, 0.1) is 0 Å². The number of nitrogens with one attached hydrogen (secondary N) is 1. The molecule has 1 aromatic carbocycles. The van der Waals surface area contributed by atoms with Crippen LogP contribution in [-0.4, -0.2) is 17.6 Å². The van der Waals surface area contributed by atoms with E-state index in [9.17, 15) is 4.79 Å². The van der Waals surface area contributed by atoms with Crippen LogP contribution >= 0.6 is 0 Å². The van der Waals surface area contributed by atoms with Crippen molar-refractivity contribution >= 4 is 11.7 Å². The van der Waals surface area contributed by atoms with E-state index in [1.165, 1.54) is 0 Å². The molecular formula is C8H9NO2. The third kappa shape index (κ3) is 2.71. The Labute approximate surface area is 64.7 Å². The maximum atomic E-state index is 10.1. The van der Waals surface area contributed by atoms with E-state index in [4.69, 9.17) is 5.11 Å². The van der Waals surface area contributed by atoms with Crippen molar-refractivity contribution in [3.63, 3.8) is 0 Å². The first kappa shape index (κ1) is 7.60. The number of hydrogen-bond acceptors (Lipinski definition) is 2. The van der Waals surface area contributed by atoms with Crippen molar-refractivity contribution in [1.29, 1.82) is 0 Å². The van der Waals surface area contributed by atoms with Gasteiger partial charge in [0.1, 0.15) is 6.54 Å². The summed E-state index contributed by atoms with van der Waals surface area (Å²) in [5.41, 5.74) is 0.829. The third-order valence-corrected chi connectivity index (χ3v) is 1.22. The Bertz CT molecular complexity index is 233. The van der Waals surface area contributed by atoms with Crippen LogP contribution in [0.2, 0.25) is 0 Å². The molecule has 3 nitrogen and oxygen atoms in total. The second-order valence-corrected chi connectivity index (χ2v) is 2.11. The molecule has 2 N–H and O–H groups in total. The molecular weight excluding hydrogens is 143 g/mol. The number of benzene rings is 1. The van der Waals surface area contributed by atoms with Crippen LogP contribution in [0, 0.1) is 0 Å². The minimum Gasteiger partial charge on any atom is -0.480 e. The molecule has 0 bridgehead atoms. The van der Waals surface area contributed by atoms with Gasteiger partial charge in [-0.3, -0.25) is 4.79 Å². The molecule has 0 aromatic heterocycles. The monoisotopic (exact) mass is 152 g/mol. The van der Waals surface area contributed by atoms with E-state index in [2.05, 4.69) is 5.32 Å². The lowest BCUT2D eigenvalue weighted by molar-refractivity contribution is -0.134. The highest BCUT2D eigenvalue weighted by Crippen LogP contribution is 2.03. The molecule has 0 atom stereocenters. The standard InChI is InChI=1S/C8H9NO2/c10-8(11)6-9-7-4-2-1-3-5-7/h1-5,9H,6H2,(H,10,11)/i9+1. The van der Waals surface area contributed by atoms with Gasteiger partial charge >= 0.3 is 5.97 Å². The van der Waals surface area contributed by atoms with Crippen molar-refractivity contribution in [2.75, 3.05) is 11.9 Å². The molecule has 0 radical (unpaired) electrons. The lowest BCUT2D eigenvalue weighted by atomic mass is 10.3. The van der Waals surface area contributed by atoms with Crippen LogP contribution in [0.1, 0.15) is 0 Å². The third-order valence-electron chi connectivity index (χ3n) is 1.22. The average Bonchev–Trinajstić information content (AvgIpc) is 2.03. The Kier molecular flexibility index (Phi) is 2.49. The molecule has 0 aliphatic heterocycles. The number of rotatable bonds is 3. The van der Waals surface area contributed by atoms with Crippen LogP contribution in [0.4, 0.5) is 5.69 Å². The van der Waals surface area contributed by atoms with Crippen LogP contribution < -0.4 is 5.32 Å². The van der Waals surface area contributed by atoms with Crippen molar-refractivity contribution in [2.24, 2.45) is 0 Å². The van der Waals surface area contributed by atoms with Gasteiger partial charge in [-0.25, -0.2) is 0 Å². The van der Waals surface area contributed by atoms with Gasteiger partial charge < -0.3 is 10.4 Å². The first-order valence-electron chi connectivity index (χ1n) is 3.30. The molecule has 0 fully saturated rings. The van der Waals surface area contributed by atoms with E-state index in [-0.39, 0.29) is 6.54 Å². The molecule has 0 unspecified atom stereocenters. The quantitative estimate of drug-likeness (QED) is 0.639. The number of para-hydroxylation sites is 1. The van der Waals surface area contributed by atoms with Crippen LogP contribution in [0.15, 0.2) is 30.3 Å². The smallest absolute Gasteiger partial charge is 0.322 e. The topological polar surface area (TPSA) is 49.3 Å². The van der Waals surface area contributed by atoms with E-state index in [1.54, 1.807) is 0 Å². The summed E-state index contributed by atoms with van der Waals surface area (Å²) < 4.78 is 0. The Balaban J connectivity index is 2.45. The Morgan fingerprint density at radius 2 is 2.00 bits per heavy atom. The Morgan fingerprint density at radius 3 is 2.55 bits per heavy atom. The van der Waals surface area contributed by atoms with Crippen molar-refractivity contribution in [3.05, 3.63) is 30.3 Å². The fourth-order valence-electron chi connectivity index (χ4n) is 0.734. The minimum absolute atomic E-state index is 0.0377. The fraction of sp³-hybridized carbons (Fsp3) is 0.125. The van der Waals surface area contributed by atoms with Crippen molar-refractivity contribution < 1.29 is 9.90 Å². The van der Waals surface area contributed by atoms with E-state index in [0.29, 0.717) is 0 Å². The van der Waals surface area contributed by atoms with Gasteiger partial charge in [0.2, 0.25) is 0 Å². The predicted octanol–water partition coefficient (Wildman–Crippen LogP) is 1.18. The Morgan fingerprint density at radius 1 is 1.36 bits per heavy atom. The number of hydrogen-bond donors (Lipinski definition) is 2. The van der Waals surface area contributed by atoms with E-state index in [1.807, 2.05) is 30.3 Å². The van der Waals surface area contributed by atoms with Crippen LogP contribution in [0.5, 0.6) is 0 Å². The second-order valence-electron chi connectivity index (χ2n) is 2.11. The molecule has 0 saturated carbocycles. The molecule has 0 aliphatic carbocycles. The van der Waals surface area contributed by atoms with Crippen molar-refractivity contribution in [3.8, 4) is 0 Å². The SMILES string of the molecule is O=C(O)C[15NH]c1ccccc1. The molecule has 58 valence electrons. The highest BCUT2D eigenvalue weighted by Gasteiger charge is 1.93. The van der Waals surface area contributed by atoms with Gasteiger partial charge in [-0.1, -0.05) is 18.2 Å². The molecule has 0 heterocycles. The van der Waals surface area contributed by atoms with Crippen LogP contribution in [0.25, 0.3) is 0 Å². The van der Waals surface area contributed by atoms with Crippen LogP contribution in [-0.2, 0) is 4.79 Å². The first-order chi connectivity index (χ1) is 5.29. The van der Waals surface area contributed by atoms with Gasteiger partial charge in [-0.15, -0.1) is 0 Å². The zero-order chi connectivity index (χ0) is 8.10. The van der Waals surface area contributed by atoms with E-state index >= 15 is 0 Å². The molecule has 1 aromatic rings. The summed E-state index contributed by atoms with van der Waals surface area (Å²) >= 11 is 0. The van der Waals surface area contributed by atoms with Gasteiger partial charge in [0.15, 0.2) is 0 Å². The zero-order valence-corrected chi connectivity index (χ0v) is 5.95. The van der Waals surface area contributed by atoms with Gasteiger partial charge in [-0.2, -0.15) is 0 Å². The van der Waals surface area contributed by atoms with Gasteiger partial charge in [0.25, 0.3) is 0 Å². The zero-order valence-electron chi connectivity index (χ0n) is 5.95. The summed E-state index contributed by atoms with van der Waals surface area (Å²) in [5.74, 6) is -0.853. The van der Waals surface area contributed by atoms with Gasteiger partial charge in [0, 0.05) is 5.69 Å². The number of carboxylic acid groups (broad SMARTS) is 1. The molecule has 0 saturated heterocycles. The summed E-state index contributed by atoms with van der Waals surface area (Å²) in [6.07, 6.45) is 0. The van der Waals surface area contributed by atoms with Crippen molar-refractivity contribution in [2.45, 2.75) is 0 Å². The molecule has 1 rings (SSSR count). The summed E-state index contributed by atoms with van der Waals surface area (Å²) in [4.78, 5) is 10.1. The Hall–Kier alpha value is -1.51. The van der Waals surface area contributed by atoms with Gasteiger partial charge in [-0.05, 0) is 12.1 Å². The molecule has 0 amide bonds. The number of aliphatic carboxylic acids is 1. The molecule has 0 aliphatic rings. The number of anilines is 1. The first-order valence-corrected chi connectivity index (χ1v) is 3.30. The average molecular weight is 152 g/mol. The molecule has 11 heavy (non-hydrogen) atoms.